The fraction of sp³-hybridized carbons (Fsp3) is 0.435. The second-order valence-electron chi connectivity index (χ2n) is 8.02. The van der Waals surface area contributed by atoms with Crippen LogP contribution in [0.2, 0.25) is 0 Å². The van der Waals surface area contributed by atoms with E-state index in [1.165, 1.54) is 6.42 Å². The zero-order valence-corrected chi connectivity index (χ0v) is 17.9. The summed E-state index contributed by atoms with van der Waals surface area (Å²) >= 11 is 0. The topological polar surface area (TPSA) is 86.3 Å². The van der Waals surface area contributed by atoms with Crippen LogP contribution in [-0.4, -0.2) is 42.1 Å². The van der Waals surface area contributed by atoms with E-state index in [0.29, 0.717) is 39.7 Å². The molecule has 2 heterocycles. The molecule has 2 aromatic heterocycles. The molecule has 7 heteroatoms. The van der Waals surface area contributed by atoms with Crippen molar-refractivity contribution < 1.29 is 19.0 Å². The van der Waals surface area contributed by atoms with Crippen molar-refractivity contribution in [3.8, 4) is 28.5 Å². The number of carbonyl (C=O) groups excluding carboxylic acids is 1. The maximum atomic E-state index is 13.4. The van der Waals surface area contributed by atoms with Gasteiger partial charge in [-0.25, -0.2) is 9.97 Å². The Morgan fingerprint density at radius 3 is 2.30 bits per heavy atom. The molecule has 0 saturated heterocycles. The lowest BCUT2D eigenvalue weighted by atomic mass is 9.71. The second kappa shape index (κ2) is 7.97. The van der Waals surface area contributed by atoms with Crippen LogP contribution in [0.3, 0.4) is 0 Å². The summed E-state index contributed by atoms with van der Waals surface area (Å²) in [5, 5.41) is 0. The standard InChI is InChI=1S/C23H27N3O4/c1-23(8-6-5-7-9-23)21(27)15-12-24-22-19(15)26-16(13-25-22)14-10-17(28-2)20(30-4)18(11-14)29-3/h10-13H,5-9H2,1-4H3,(H,24,25). The lowest BCUT2D eigenvalue weighted by molar-refractivity contribution is 0.0751. The number of methoxy groups -OCH3 is 3. The first-order valence-electron chi connectivity index (χ1n) is 10.2. The molecule has 0 amide bonds. The molecule has 1 N–H and O–H groups in total. The number of nitrogens with one attached hydrogen (secondary N) is 1. The number of ether oxygens (including phenoxy) is 3. The molecule has 0 atom stereocenters. The van der Waals surface area contributed by atoms with Gasteiger partial charge in [-0.3, -0.25) is 4.79 Å². The molecule has 1 aliphatic rings. The number of hydrogen-bond donors (Lipinski definition) is 1. The number of rotatable bonds is 6. The summed E-state index contributed by atoms with van der Waals surface area (Å²) in [5.74, 6) is 1.73. The number of fused-ring (bicyclic) bond motifs is 1. The van der Waals surface area contributed by atoms with E-state index >= 15 is 0 Å². The summed E-state index contributed by atoms with van der Waals surface area (Å²) in [6.45, 7) is 2.07. The van der Waals surface area contributed by atoms with Crippen LogP contribution in [0, 0.1) is 5.41 Å². The lowest BCUT2D eigenvalue weighted by Crippen LogP contribution is -2.30. The highest BCUT2D eigenvalue weighted by Crippen LogP contribution is 2.42. The van der Waals surface area contributed by atoms with E-state index in [1.807, 2.05) is 12.1 Å². The fourth-order valence-corrected chi connectivity index (χ4v) is 4.32. The fourth-order valence-electron chi connectivity index (χ4n) is 4.32. The van der Waals surface area contributed by atoms with Crippen LogP contribution >= 0.6 is 0 Å². The highest BCUT2D eigenvalue weighted by molar-refractivity contribution is 6.08. The summed E-state index contributed by atoms with van der Waals surface area (Å²) in [4.78, 5) is 25.8. The number of carbonyl (C=O) groups is 1. The van der Waals surface area contributed by atoms with Crippen molar-refractivity contribution in [1.82, 2.24) is 15.0 Å². The van der Waals surface area contributed by atoms with Gasteiger partial charge in [0, 0.05) is 17.2 Å². The van der Waals surface area contributed by atoms with Gasteiger partial charge in [0.1, 0.15) is 5.52 Å². The number of Topliss-reactive ketones (excluding diaryl/α,β-unsaturated/α-hetero) is 1. The first-order valence-corrected chi connectivity index (χ1v) is 10.2. The van der Waals surface area contributed by atoms with Gasteiger partial charge < -0.3 is 19.2 Å². The Balaban J connectivity index is 1.79. The Morgan fingerprint density at radius 2 is 1.70 bits per heavy atom. The summed E-state index contributed by atoms with van der Waals surface area (Å²) < 4.78 is 16.3. The van der Waals surface area contributed by atoms with Crippen LogP contribution in [0.4, 0.5) is 0 Å². The molecule has 1 aromatic carbocycles. The molecule has 0 unspecified atom stereocenters. The Hall–Kier alpha value is -3.09. The largest absolute Gasteiger partial charge is 0.493 e. The van der Waals surface area contributed by atoms with Gasteiger partial charge in [-0.05, 0) is 25.0 Å². The van der Waals surface area contributed by atoms with Gasteiger partial charge in [-0.1, -0.05) is 26.2 Å². The van der Waals surface area contributed by atoms with Crippen molar-refractivity contribution in [2.45, 2.75) is 39.0 Å². The molecule has 158 valence electrons. The number of H-pyrrole nitrogens is 1. The molecule has 0 radical (unpaired) electrons. The van der Waals surface area contributed by atoms with E-state index in [1.54, 1.807) is 33.7 Å². The maximum Gasteiger partial charge on any atom is 0.203 e. The number of benzene rings is 1. The smallest absolute Gasteiger partial charge is 0.203 e. The van der Waals surface area contributed by atoms with Crippen molar-refractivity contribution in [3.05, 3.63) is 30.1 Å². The lowest BCUT2D eigenvalue weighted by Gasteiger charge is -2.31. The average molecular weight is 409 g/mol. The molecule has 1 aliphatic carbocycles. The highest BCUT2D eigenvalue weighted by atomic mass is 16.5. The van der Waals surface area contributed by atoms with Gasteiger partial charge in [0.15, 0.2) is 22.9 Å². The van der Waals surface area contributed by atoms with Crippen LogP contribution in [0.1, 0.15) is 49.4 Å². The third kappa shape index (κ3) is 3.38. The van der Waals surface area contributed by atoms with Crippen molar-refractivity contribution in [3.63, 3.8) is 0 Å². The summed E-state index contributed by atoms with van der Waals surface area (Å²) in [6.07, 6.45) is 8.63. The van der Waals surface area contributed by atoms with Crippen molar-refractivity contribution in [2.75, 3.05) is 21.3 Å². The quantitative estimate of drug-likeness (QED) is 0.588. The first-order chi connectivity index (χ1) is 14.5. The highest BCUT2D eigenvalue weighted by Gasteiger charge is 2.36. The predicted molar refractivity (Wildman–Crippen MR) is 115 cm³/mol. The summed E-state index contributed by atoms with van der Waals surface area (Å²) in [5.41, 5.74) is 2.87. The minimum atomic E-state index is -0.336. The zero-order chi connectivity index (χ0) is 21.3. The van der Waals surface area contributed by atoms with E-state index in [4.69, 9.17) is 19.2 Å². The van der Waals surface area contributed by atoms with Crippen molar-refractivity contribution in [1.29, 1.82) is 0 Å². The zero-order valence-electron chi connectivity index (χ0n) is 17.9. The molecular weight excluding hydrogens is 382 g/mol. The number of hydrogen-bond acceptors (Lipinski definition) is 6. The van der Waals surface area contributed by atoms with Crippen LogP contribution in [0.25, 0.3) is 22.4 Å². The van der Waals surface area contributed by atoms with Crippen LogP contribution in [0.5, 0.6) is 17.2 Å². The molecule has 1 saturated carbocycles. The monoisotopic (exact) mass is 409 g/mol. The first kappa shape index (κ1) is 20.2. The van der Waals surface area contributed by atoms with Crippen molar-refractivity contribution in [2.24, 2.45) is 5.41 Å². The average Bonchev–Trinajstić information content (AvgIpc) is 3.21. The molecule has 1 fully saturated rings. The van der Waals surface area contributed by atoms with Gasteiger partial charge in [-0.2, -0.15) is 0 Å². The molecule has 4 rings (SSSR count). The Labute approximate surface area is 175 Å². The van der Waals surface area contributed by atoms with Gasteiger partial charge in [0.25, 0.3) is 0 Å². The molecule has 0 spiro atoms. The maximum absolute atomic E-state index is 13.4. The van der Waals surface area contributed by atoms with E-state index in [0.717, 1.165) is 31.2 Å². The van der Waals surface area contributed by atoms with Crippen LogP contribution < -0.4 is 14.2 Å². The summed E-state index contributed by atoms with van der Waals surface area (Å²) in [7, 11) is 4.71. The van der Waals surface area contributed by atoms with Gasteiger partial charge >= 0.3 is 0 Å². The Bertz CT molecular complexity index is 1060. The molecular formula is C23H27N3O4. The molecule has 30 heavy (non-hydrogen) atoms. The van der Waals surface area contributed by atoms with Gasteiger partial charge in [0.2, 0.25) is 5.75 Å². The van der Waals surface area contributed by atoms with E-state index in [9.17, 15) is 4.79 Å². The number of aromatic nitrogens is 3. The van der Waals surface area contributed by atoms with Crippen LogP contribution in [0.15, 0.2) is 24.5 Å². The third-order valence-electron chi connectivity index (χ3n) is 6.09. The van der Waals surface area contributed by atoms with E-state index in [2.05, 4.69) is 16.9 Å². The molecule has 0 aliphatic heterocycles. The number of aromatic amines is 1. The third-order valence-corrected chi connectivity index (χ3v) is 6.09. The van der Waals surface area contributed by atoms with Gasteiger partial charge in [-0.15, -0.1) is 0 Å². The number of nitrogens with zero attached hydrogens (tertiary/aromatic N) is 2. The predicted octanol–water partition coefficient (Wildman–Crippen LogP) is 4.80. The molecule has 3 aromatic rings. The van der Waals surface area contributed by atoms with Gasteiger partial charge in [0.05, 0.1) is 38.8 Å². The Kier molecular flexibility index (Phi) is 5.37. The van der Waals surface area contributed by atoms with Crippen LogP contribution in [-0.2, 0) is 0 Å². The van der Waals surface area contributed by atoms with Crippen molar-refractivity contribution >= 4 is 16.9 Å². The number of ketones is 1. The van der Waals surface area contributed by atoms with E-state index < -0.39 is 0 Å². The SMILES string of the molecule is COc1cc(-c2cnc3[nH]cc(C(=O)C4(C)CCCCC4)c3n2)cc(OC)c1OC. The minimum absolute atomic E-state index is 0.143. The molecule has 0 bridgehead atoms. The molecule has 7 nitrogen and oxygen atoms in total. The minimum Gasteiger partial charge on any atom is -0.493 e. The summed E-state index contributed by atoms with van der Waals surface area (Å²) in [6, 6.07) is 3.65. The normalized spacial score (nSPS) is 15.7. The second-order valence-corrected chi connectivity index (χ2v) is 8.02. The Morgan fingerprint density at radius 1 is 1.03 bits per heavy atom. The van der Waals surface area contributed by atoms with E-state index in [-0.39, 0.29) is 11.2 Å².